The molecule has 1 amide bonds. The van der Waals surface area contributed by atoms with Gasteiger partial charge in [0.05, 0.1) is 25.7 Å². The third-order valence-corrected chi connectivity index (χ3v) is 9.93. The lowest BCUT2D eigenvalue weighted by Crippen LogP contribution is -2.46. The lowest BCUT2D eigenvalue weighted by atomic mass is 9.87. The fraction of sp³-hybridized carbons (Fsp3) is 0.371. The number of anilines is 2. The molecule has 3 aromatic carbocycles. The molecule has 12 heteroatoms. The number of amides is 1. The van der Waals surface area contributed by atoms with Gasteiger partial charge in [0.15, 0.2) is 0 Å². The molecule has 0 spiro atoms. The number of piperazine rings is 1. The molecule has 8 rings (SSSR count). The number of ether oxygens (including phenoxy) is 2. The van der Waals surface area contributed by atoms with Gasteiger partial charge >= 0.3 is 0 Å². The van der Waals surface area contributed by atoms with Crippen LogP contribution in [0, 0.1) is 29.4 Å². The van der Waals surface area contributed by atoms with Crippen LogP contribution in [0.5, 0.6) is 5.75 Å². The lowest BCUT2D eigenvalue weighted by Gasteiger charge is -2.37. The molecule has 3 unspecified atom stereocenters. The van der Waals surface area contributed by atoms with Crippen LogP contribution in [-0.2, 0) is 21.7 Å². The van der Waals surface area contributed by atoms with Crippen LogP contribution in [-0.4, -0.2) is 66.3 Å². The number of rotatable bonds is 9. The van der Waals surface area contributed by atoms with E-state index in [1.54, 1.807) is 11.0 Å². The summed E-state index contributed by atoms with van der Waals surface area (Å²) in [6.07, 6.45) is 5.34. The first-order chi connectivity index (χ1) is 23.0. The van der Waals surface area contributed by atoms with Crippen LogP contribution in [0.3, 0.4) is 0 Å². The minimum atomic E-state index is -1.00. The van der Waals surface area contributed by atoms with Crippen molar-refractivity contribution in [2.24, 2.45) is 22.9 Å². The molecule has 1 aromatic heterocycles. The number of halogens is 2. The Hall–Kier alpha value is -4.84. The Bertz CT molecular complexity index is 1760. The molecule has 5 atom stereocenters. The van der Waals surface area contributed by atoms with Gasteiger partial charge in [-0.05, 0) is 54.4 Å². The molecule has 242 valence electrons. The highest BCUT2D eigenvalue weighted by molar-refractivity contribution is 5.93. The summed E-state index contributed by atoms with van der Waals surface area (Å²) in [4.78, 5) is 20.8. The Kier molecular flexibility index (Phi) is 7.59. The minimum Gasteiger partial charge on any atom is -0.493 e. The third-order valence-electron chi connectivity index (χ3n) is 9.93. The van der Waals surface area contributed by atoms with Crippen LogP contribution in [0.25, 0.3) is 0 Å². The Balaban J connectivity index is 0.844. The van der Waals surface area contributed by atoms with Gasteiger partial charge in [-0.1, -0.05) is 18.2 Å². The van der Waals surface area contributed by atoms with E-state index in [-0.39, 0.29) is 36.1 Å². The standard InChI is InChI=1S/C35H35F2N7O3/c36-25-3-10-30(31(37)15-25)35(20-44-22-38-21-40-44)16-23(19-47-35)18-46-28-8-6-27(7-9-28)43-13-11-42(12-14-43)26-4-1-24(2-5-26)32-29-17-39-41-34(45)33(29)32/h1-10,15,17,21-23,29,32-33H,11-14,16,18-20H2,(H,41,45)/t23-,29?,32?,33?,35+/m1/s1. The van der Waals surface area contributed by atoms with Crippen LogP contribution in [0.2, 0.25) is 0 Å². The van der Waals surface area contributed by atoms with Crippen molar-refractivity contribution >= 4 is 23.5 Å². The first-order valence-corrected chi connectivity index (χ1v) is 16.0. The van der Waals surface area contributed by atoms with Gasteiger partial charge < -0.3 is 19.3 Å². The number of hydrazone groups is 1. The van der Waals surface area contributed by atoms with Crippen LogP contribution in [0.4, 0.5) is 20.2 Å². The number of benzene rings is 3. The molecular weight excluding hydrogens is 604 g/mol. The first-order valence-electron chi connectivity index (χ1n) is 16.0. The molecule has 1 aliphatic carbocycles. The molecule has 1 N–H and O–H groups in total. The summed E-state index contributed by atoms with van der Waals surface area (Å²) >= 11 is 0. The maximum absolute atomic E-state index is 14.9. The van der Waals surface area contributed by atoms with Gasteiger partial charge in [-0.2, -0.15) is 10.2 Å². The Morgan fingerprint density at radius 1 is 0.936 bits per heavy atom. The number of hydrogen-bond donors (Lipinski definition) is 1. The fourth-order valence-corrected chi connectivity index (χ4v) is 7.43. The summed E-state index contributed by atoms with van der Waals surface area (Å²) in [6, 6.07) is 20.4. The zero-order valence-electron chi connectivity index (χ0n) is 25.7. The molecular formula is C35H35F2N7O3. The van der Waals surface area contributed by atoms with Crippen LogP contribution >= 0.6 is 0 Å². The number of carbonyl (C=O) groups excluding carboxylic acids is 1. The Labute approximate surface area is 271 Å². The van der Waals surface area contributed by atoms with E-state index in [9.17, 15) is 13.6 Å². The van der Waals surface area contributed by atoms with Crippen LogP contribution < -0.4 is 20.0 Å². The van der Waals surface area contributed by atoms with E-state index in [1.807, 2.05) is 18.3 Å². The Morgan fingerprint density at radius 3 is 2.32 bits per heavy atom. The van der Waals surface area contributed by atoms with Gasteiger partial charge in [0.25, 0.3) is 0 Å². The van der Waals surface area contributed by atoms with E-state index >= 15 is 0 Å². The van der Waals surface area contributed by atoms with E-state index in [0.717, 1.165) is 43.7 Å². The van der Waals surface area contributed by atoms with Gasteiger partial charge in [0, 0.05) is 73.2 Å². The summed E-state index contributed by atoms with van der Waals surface area (Å²) in [5.74, 6) is -0.00919. The maximum atomic E-state index is 14.9. The monoisotopic (exact) mass is 639 g/mol. The molecule has 0 bridgehead atoms. The fourth-order valence-electron chi connectivity index (χ4n) is 7.43. The van der Waals surface area contributed by atoms with E-state index in [0.29, 0.717) is 25.2 Å². The average molecular weight is 640 g/mol. The van der Waals surface area contributed by atoms with Gasteiger partial charge in [-0.15, -0.1) is 0 Å². The highest BCUT2D eigenvalue weighted by atomic mass is 19.1. The second-order valence-corrected chi connectivity index (χ2v) is 12.8. The highest BCUT2D eigenvalue weighted by Gasteiger charge is 2.56. The molecule has 3 fully saturated rings. The molecule has 4 aliphatic rings. The number of aromatic nitrogens is 3. The number of nitrogens with one attached hydrogen (secondary N) is 1. The van der Waals surface area contributed by atoms with Crippen molar-refractivity contribution in [2.45, 2.75) is 24.5 Å². The summed E-state index contributed by atoms with van der Waals surface area (Å²) in [5, 5.41) is 8.15. The van der Waals surface area contributed by atoms with Crippen molar-refractivity contribution in [1.29, 1.82) is 0 Å². The summed E-state index contributed by atoms with van der Waals surface area (Å²) < 4.78 is 42.6. The lowest BCUT2D eigenvalue weighted by molar-refractivity contribution is -0.122. The molecule has 1 saturated carbocycles. The molecule has 4 aromatic rings. The SMILES string of the molecule is O=C1NN=CC2C1C2c1ccc(N2CCN(c3ccc(OC[C@@H]4CO[C@@](Cn5cncn5)(c5ccc(F)cc5F)C4)cc3)CC2)cc1. The van der Waals surface area contributed by atoms with E-state index < -0.39 is 17.2 Å². The topological polar surface area (TPSA) is 97.1 Å². The molecule has 47 heavy (non-hydrogen) atoms. The minimum absolute atomic E-state index is 0.00607. The predicted octanol–water partition coefficient (Wildman–Crippen LogP) is 4.34. The highest BCUT2D eigenvalue weighted by Crippen LogP contribution is 2.54. The van der Waals surface area contributed by atoms with Gasteiger partial charge in [-0.3, -0.25) is 4.79 Å². The zero-order chi connectivity index (χ0) is 32.0. The van der Waals surface area contributed by atoms with Crippen molar-refractivity contribution in [3.63, 3.8) is 0 Å². The van der Waals surface area contributed by atoms with E-state index in [1.165, 1.54) is 29.7 Å². The van der Waals surface area contributed by atoms with Crippen molar-refractivity contribution in [3.8, 4) is 5.75 Å². The normalized spacial score (nSPS) is 26.6. The molecule has 4 heterocycles. The quantitative estimate of drug-likeness (QED) is 0.291. The second kappa shape index (κ2) is 12.1. The van der Waals surface area contributed by atoms with E-state index in [2.05, 4.69) is 66.8 Å². The Morgan fingerprint density at radius 2 is 1.66 bits per heavy atom. The predicted molar refractivity (Wildman–Crippen MR) is 171 cm³/mol. The van der Waals surface area contributed by atoms with Gasteiger partial charge in [-0.25, -0.2) is 23.9 Å². The van der Waals surface area contributed by atoms with Gasteiger partial charge in [0.1, 0.15) is 35.6 Å². The summed E-state index contributed by atoms with van der Waals surface area (Å²) in [7, 11) is 0. The molecule has 2 saturated heterocycles. The first kappa shape index (κ1) is 29.6. The third kappa shape index (κ3) is 5.82. The molecule has 0 radical (unpaired) electrons. The van der Waals surface area contributed by atoms with Crippen molar-refractivity contribution in [3.05, 3.63) is 102 Å². The zero-order valence-corrected chi connectivity index (χ0v) is 25.7. The van der Waals surface area contributed by atoms with Gasteiger partial charge in [0.2, 0.25) is 5.91 Å². The largest absolute Gasteiger partial charge is 0.493 e. The van der Waals surface area contributed by atoms with E-state index in [4.69, 9.17) is 9.47 Å². The summed E-state index contributed by atoms with van der Waals surface area (Å²) in [5.41, 5.74) is 5.41. The summed E-state index contributed by atoms with van der Waals surface area (Å²) in [6.45, 7) is 4.67. The van der Waals surface area contributed by atoms with Crippen LogP contribution in [0.1, 0.15) is 23.5 Å². The maximum Gasteiger partial charge on any atom is 0.244 e. The average Bonchev–Trinajstić information content (AvgIpc) is 3.37. The van der Waals surface area contributed by atoms with Crippen molar-refractivity contribution < 1.29 is 23.0 Å². The van der Waals surface area contributed by atoms with Crippen molar-refractivity contribution in [1.82, 2.24) is 20.2 Å². The number of fused-ring (bicyclic) bond motifs is 1. The smallest absolute Gasteiger partial charge is 0.244 e. The number of carbonyl (C=O) groups is 1. The van der Waals surface area contributed by atoms with Crippen molar-refractivity contribution in [2.75, 3.05) is 49.2 Å². The number of hydrogen-bond acceptors (Lipinski definition) is 8. The molecule has 3 aliphatic heterocycles. The number of nitrogens with zero attached hydrogens (tertiary/aromatic N) is 6. The molecule has 10 nitrogen and oxygen atoms in total. The van der Waals surface area contributed by atoms with Crippen LogP contribution in [0.15, 0.2) is 84.5 Å². The second-order valence-electron chi connectivity index (χ2n) is 12.8.